The van der Waals surface area contributed by atoms with Gasteiger partial charge in [0.05, 0.1) is 5.69 Å². The van der Waals surface area contributed by atoms with E-state index in [1.807, 2.05) is 38.1 Å². The Kier molecular flexibility index (Phi) is 3.13. The zero-order chi connectivity index (χ0) is 11.7. The predicted molar refractivity (Wildman–Crippen MR) is 67.0 cm³/mol. The topological polar surface area (TPSA) is 25.8 Å². The van der Waals surface area contributed by atoms with Gasteiger partial charge in [-0.15, -0.1) is 0 Å². The summed E-state index contributed by atoms with van der Waals surface area (Å²) in [5, 5.41) is 1.14. The molecule has 0 aliphatic carbocycles. The number of nitrogens with zero attached hydrogens (tertiary/aromatic N) is 2. The largest absolute Gasteiger partial charge is 0.233 e. The highest BCUT2D eigenvalue weighted by Crippen LogP contribution is 2.30. The molecule has 4 heteroatoms. The van der Waals surface area contributed by atoms with E-state index < -0.39 is 0 Å². The van der Waals surface area contributed by atoms with Crippen LogP contribution in [0.2, 0.25) is 10.2 Å². The van der Waals surface area contributed by atoms with Crippen molar-refractivity contribution in [2.75, 3.05) is 0 Å². The van der Waals surface area contributed by atoms with Crippen LogP contribution >= 0.6 is 23.2 Å². The van der Waals surface area contributed by atoms with Crippen molar-refractivity contribution in [2.45, 2.75) is 13.8 Å². The second kappa shape index (κ2) is 4.40. The van der Waals surface area contributed by atoms with Gasteiger partial charge in [0.25, 0.3) is 0 Å². The Morgan fingerprint density at radius 3 is 2.38 bits per heavy atom. The van der Waals surface area contributed by atoms with Crippen molar-refractivity contribution in [1.82, 2.24) is 9.97 Å². The summed E-state index contributed by atoms with van der Waals surface area (Å²) in [7, 11) is 0. The van der Waals surface area contributed by atoms with Crippen LogP contribution in [-0.2, 0) is 0 Å². The standard InChI is InChI=1S/C12H10Cl2N2/c1-7-11(15-8(2)16-12(7)14)9-5-3-4-6-10(9)13/h3-6H,1-2H3. The zero-order valence-corrected chi connectivity index (χ0v) is 10.5. The maximum Gasteiger partial charge on any atom is 0.136 e. The molecule has 0 spiro atoms. The van der Waals surface area contributed by atoms with Crippen molar-refractivity contribution < 1.29 is 0 Å². The van der Waals surface area contributed by atoms with E-state index in [0.29, 0.717) is 16.0 Å². The van der Waals surface area contributed by atoms with Crippen molar-refractivity contribution in [3.8, 4) is 11.3 Å². The lowest BCUT2D eigenvalue weighted by Crippen LogP contribution is -1.96. The minimum Gasteiger partial charge on any atom is -0.233 e. The molecule has 82 valence electrons. The van der Waals surface area contributed by atoms with E-state index in [-0.39, 0.29) is 0 Å². The van der Waals surface area contributed by atoms with Gasteiger partial charge >= 0.3 is 0 Å². The molecule has 0 saturated heterocycles. The van der Waals surface area contributed by atoms with Gasteiger partial charge in [0, 0.05) is 16.1 Å². The minimum absolute atomic E-state index is 0.474. The van der Waals surface area contributed by atoms with Crippen molar-refractivity contribution in [1.29, 1.82) is 0 Å². The maximum atomic E-state index is 6.13. The molecule has 1 aromatic heterocycles. The first kappa shape index (κ1) is 11.4. The molecule has 0 saturated carbocycles. The van der Waals surface area contributed by atoms with Crippen LogP contribution in [-0.4, -0.2) is 9.97 Å². The van der Waals surface area contributed by atoms with Crippen molar-refractivity contribution >= 4 is 23.2 Å². The molecule has 0 aliphatic rings. The van der Waals surface area contributed by atoms with Crippen LogP contribution in [0.5, 0.6) is 0 Å². The van der Waals surface area contributed by atoms with Crippen LogP contribution in [0.3, 0.4) is 0 Å². The molecule has 1 heterocycles. The Labute approximate surface area is 104 Å². The third-order valence-electron chi connectivity index (χ3n) is 2.33. The van der Waals surface area contributed by atoms with Gasteiger partial charge in [-0.2, -0.15) is 0 Å². The molecule has 2 rings (SSSR count). The van der Waals surface area contributed by atoms with Crippen molar-refractivity contribution in [3.63, 3.8) is 0 Å². The molecule has 16 heavy (non-hydrogen) atoms. The molecule has 0 aliphatic heterocycles. The van der Waals surface area contributed by atoms with Crippen LogP contribution in [0, 0.1) is 13.8 Å². The summed E-state index contributed by atoms with van der Waals surface area (Å²) in [6, 6.07) is 7.57. The third kappa shape index (κ3) is 2.04. The Balaban J connectivity index is 2.69. The highest BCUT2D eigenvalue weighted by atomic mass is 35.5. The molecule has 0 bridgehead atoms. The molecule has 2 aromatic rings. The predicted octanol–water partition coefficient (Wildman–Crippen LogP) is 4.07. The van der Waals surface area contributed by atoms with Crippen molar-refractivity contribution in [2.24, 2.45) is 0 Å². The first-order valence-corrected chi connectivity index (χ1v) is 5.61. The van der Waals surface area contributed by atoms with E-state index in [9.17, 15) is 0 Å². The Morgan fingerprint density at radius 1 is 1.00 bits per heavy atom. The highest BCUT2D eigenvalue weighted by Gasteiger charge is 2.11. The summed E-state index contributed by atoms with van der Waals surface area (Å²) < 4.78 is 0. The average Bonchev–Trinajstić information content (AvgIpc) is 2.24. The van der Waals surface area contributed by atoms with Gasteiger partial charge < -0.3 is 0 Å². The van der Waals surface area contributed by atoms with Gasteiger partial charge in [-0.1, -0.05) is 41.4 Å². The van der Waals surface area contributed by atoms with Gasteiger partial charge in [-0.25, -0.2) is 9.97 Å². The third-order valence-corrected chi connectivity index (χ3v) is 3.02. The lowest BCUT2D eigenvalue weighted by molar-refractivity contribution is 1.04. The van der Waals surface area contributed by atoms with Gasteiger partial charge in [0.2, 0.25) is 0 Å². The Bertz CT molecular complexity index is 539. The van der Waals surface area contributed by atoms with E-state index in [4.69, 9.17) is 23.2 Å². The van der Waals surface area contributed by atoms with Gasteiger partial charge in [0.15, 0.2) is 0 Å². The number of benzene rings is 1. The summed E-state index contributed by atoms with van der Waals surface area (Å²) in [6.07, 6.45) is 0. The molecular weight excluding hydrogens is 243 g/mol. The smallest absolute Gasteiger partial charge is 0.136 e. The maximum absolute atomic E-state index is 6.13. The molecule has 2 nitrogen and oxygen atoms in total. The molecule has 1 aromatic carbocycles. The van der Waals surface area contributed by atoms with Gasteiger partial charge in [-0.3, -0.25) is 0 Å². The lowest BCUT2D eigenvalue weighted by Gasteiger charge is -2.08. The quantitative estimate of drug-likeness (QED) is 0.716. The zero-order valence-electron chi connectivity index (χ0n) is 8.96. The number of halogens is 2. The Morgan fingerprint density at radius 2 is 1.69 bits per heavy atom. The first-order chi connectivity index (χ1) is 7.59. The molecular formula is C12H10Cl2N2. The molecule has 0 amide bonds. The van der Waals surface area contributed by atoms with E-state index in [1.54, 1.807) is 0 Å². The SMILES string of the molecule is Cc1nc(Cl)c(C)c(-c2ccccc2Cl)n1. The number of hydrogen-bond donors (Lipinski definition) is 0. The van der Waals surface area contributed by atoms with Crippen LogP contribution < -0.4 is 0 Å². The summed E-state index contributed by atoms with van der Waals surface area (Å²) in [5.41, 5.74) is 2.53. The molecule has 0 atom stereocenters. The lowest BCUT2D eigenvalue weighted by atomic mass is 10.1. The fourth-order valence-corrected chi connectivity index (χ4v) is 1.95. The number of rotatable bonds is 1. The molecule has 0 unspecified atom stereocenters. The monoisotopic (exact) mass is 252 g/mol. The second-order valence-electron chi connectivity index (χ2n) is 3.52. The average molecular weight is 253 g/mol. The fourth-order valence-electron chi connectivity index (χ4n) is 1.51. The fraction of sp³-hybridized carbons (Fsp3) is 0.167. The van der Waals surface area contributed by atoms with E-state index in [2.05, 4.69) is 9.97 Å². The minimum atomic E-state index is 0.474. The van der Waals surface area contributed by atoms with Gasteiger partial charge in [0.1, 0.15) is 11.0 Å². The molecule has 0 fully saturated rings. The van der Waals surface area contributed by atoms with Crippen LogP contribution in [0.4, 0.5) is 0 Å². The Hall–Kier alpha value is -1.12. The summed E-state index contributed by atoms with van der Waals surface area (Å²) in [4.78, 5) is 8.48. The summed E-state index contributed by atoms with van der Waals surface area (Å²) >= 11 is 12.2. The summed E-state index contributed by atoms with van der Waals surface area (Å²) in [6.45, 7) is 3.70. The van der Waals surface area contributed by atoms with Crippen LogP contribution in [0.15, 0.2) is 24.3 Å². The number of hydrogen-bond acceptors (Lipinski definition) is 2. The van der Waals surface area contributed by atoms with Crippen LogP contribution in [0.1, 0.15) is 11.4 Å². The van der Waals surface area contributed by atoms with E-state index in [1.165, 1.54) is 0 Å². The summed E-state index contributed by atoms with van der Waals surface area (Å²) in [5.74, 6) is 0.644. The second-order valence-corrected chi connectivity index (χ2v) is 4.28. The highest BCUT2D eigenvalue weighted by molar-refractivity contribution is 6.33. The number of aromatic nitrogens is 2. The van der Waals surface area contributed by atoms with Crippen molar-refractivity contribution in [3.05, 3.63) is 45.8 Å². The van der Waals surface area contributed by atoms with E-state index >= 15 is 0 Å². The normalized spacial score (nSPS) is 10.5. The molecule has 0 N–H and O–H groups in total. The van der Waals surface area contributed by atoms with E-state index in [0.717, 1.165) is 16.8 Å². The molecule has 0 radical (unpaired) electrons. The van der Waals surface area contributed by atoms with Crippen LogP contribution in [0.25, 0.3) is 11.3 Å². The van der Waals surface area contributed by atoms with Gasteiger partial charge in [-0.05, 0) is 19.9 Å². The number of aryl methyl sites for hydroxylation is 1. The first-order valence-electron chi connectivity index (χ1n) is 4.85.